The van der Waals surface area contributed by atoms with Crippen LogP contribution in [-0.4, -0.2) is 25.0 Å². The van der Waals surface area contributed by atoms with Crippen LogP contribution < -0.4 is 0 Å². The van der Waals surface area contributed by atoms with Gasteiger partial charge in [0.05, 0.1) is 15.7 Å². The van der Waals surface area contributed by atoms with Gasteiger partial charge in [-0.05, 0) is 5.92 Å². The van der Waals surface area contributed by atoms with Crippen LogP contribution in [0.3, 0.4) is 0 Å². The highest BCUT2D eigenvalue weighted by Gasteiger charge is 2.29. The fourth-order valence-corrected chi connectivity index (χ4v) is 3.60. The number of rotatable bonds is 5. The second kappa shape index (κ2) is 6.02. The number of hydrogen-bond acceptors (Lipinski definition) is 4. The summed E-state index contributed by atoms with van der Waals surface area (Å²) in [5, 5.41) is 10.3. The Balaban J connectivity index is 3.40. The Morgan fingerprint density at radius 2 is 2.05 bits per heavy atom. The Morgan fingerprint density at radius 1 is 1.47 bits per heavy atom. The first-order valence-electron chi connectivity index (χ1n) is 5.11. The maximum Gasteiger partial charge on any atom is 0.289 e. The number of nitro benzene ring substituents is 1. The molecule has 1 rings (SSSR count). The van der Waals surface area contributed by atoms with Gasteiger partial charge in [0.25, 0.3) is 5.69 Å². The first-order valence-corrected chi connectivity index (χ1v) is 7.67. The summed E-state index contributed by atoms with van der Waals surface area (Å²) in [6.45, 7) is 1.57. The monoisotopic (exact) mass is 329 g/mol. The van der Waals surface area contributed by atoms with E-state index in [2.05, 4.69) is 0 Å². The van der Waals surface area contributed by atoms with Crippen molar-refractivity contribution in [3.63, 3.8) is 0 Å². The van der Waals surface area contributed by atoms with Gasteiger partial charge >= 0.3 is 0 Å². The van der Waals surface area contributed by atoms with Crippen LogP contribution in [0.5, 0.6) is 0 Å². The molecule has 19 heavy (non-hydrogen) atoms. The molecule has 1 unspecified atom stereocenters. The molecule has 0 aliphatic heterocycles. The van der Waals surface area contributed by atoms with Gasteiger partial charge in [0.1, 0.15) is 10.7 Å². The van der Waals surface area contributed by atoms with E-state index in [0.717, 1.165) is 0 Å². The highest BCUT2D eigenvalue weighted by Crippen LogP contribution is 2.31. The lowest BCUT2D eigenvalue weighted by Crippen LogP contribution is -2.16. The zero-order chi connectivity index (χ0) is 14.8. The third-order valence-corrected chi connectivity index (χ3v) is 5.12. The Bertz CT molecular complexity index is 606. The van der Waals surface area contributed by atoms with E-state index >= 15 is 0 Å². The molecule has 0 aromatic heterocycles. The van der Waals surface area contributed by atoms with Gasteiger partial charge in [-0.3, -0.25) is 10.1 Å². The standard InChI is InChI=1S/C10H10Cl2FNO4S/c1-6(4-11)5-19(17,18)10-3-8(13)7(12)2-9(10)14(15)16/h2-3,6H,4-5H2,1H3. The minimum atomic E-state index is -4.01. The van der Waals surface area contributed by atoms with Gasteiger partial charge in [-0.2, -0.15) is 0 Å². The summed E-state index contributed by atoms with van der Waals surface area (Å²) in [6.07, 6.45) is 0. The van der Waals surface area contributed by atoms with Crippen LogP contribution in [0.2, 0.25) is 5.02 Å². The average Bonchev–Trinajstić information content (AvgIpc) is 2.30. The summed E-state index contributed by atoms with van der Waals surface area (Å²) >= 11 is 10.9. The smallest absolute Gasteiger partial charge is 0.258 e. The number of nitro groups is 1. The van der Waals surface area contributed by atoms with Crippen molar-refractivity contribution in [1.82, 2.24) is 0 Å². The van der Waals surface area contributed by atoms with Crippen molar-refractivity contribution in [2.75, 3.05) is 11.6 Å². The molecule has 106 valence electrons. The van der Waals surface area contributed by atoms with E-state index < -0.39 is 47.9 Å². The van der Waals surface area contributed by atoms with Crippen LogP contribution in [0.4, 0.5) is 10.1 Å². The molecule has 0 aliphatic rings. The van der Waals surface area contributed by atoms with Gasteiger partial charge in [0.2, 0.25) is 0 Å². The molecule has 0 amide bonds. The number of hydrogen-bond donors (Lipinski definition) is 0. The molecule has 0 radical (unpaired) electrons. The van der Waals surface area contributed by atoms with E-state index in [9.17, 15) is 22.9 Å². The fourth-order valence-electron chi connectivity index (χ4n) is 1.42. The van der Waals surface area contributed by atoms with Crippen LogP contribution in [-0.2, 0) is 9.84 Å². The van der Waals surface area contributed by atoms with Crippen LogP contribution >= 0.6 is 23.2 Å². The first kappa shape index (κ1) is 16.1. The summed E-state index contributed by atoms with van der Waals surface area (Å²) in [5.41, 5.74) is -0.742. The largest absolute Gasteiger partial charge is 0.289 e. The van der Waals surface area contributed by atoms with E-state index in [4.69, 9.17) is 23.2 Å². The van der Waals surface area contributed by atoms with Gasteiger partial charge in [-0.25, -0.2) is 12.8 Å². The Labute approximate surface area is 119 Å². The second-order valence-corrected chi connectivity index (χ2v) is 6.75. The summed E-state index contributed by atoms with van der Waals surface area (Å²) in [6, 6.07) is 1.26. The molecule has 0 heterocycles. The van der Waals surface area contributed by atoms with Gasteiger partial charge in [-0.15, -0.1) is 11.6 Å². The number of sulfone groups is 1. The summed E-state index contributed by atoms with van der Waals surface area (Å²) in [4.78, 5) is 9.22. The number of benzene rings is 1. The zero-order valence-corrected chi connectivity index (χ0v) is 12.1. The van der Waals surface area contributed by atoms with E-state index in [1.54, 1.807) is 6.92 Å². The molecule has 1 atom stereocenters. The Kier molecular flexibility index (Phi) is 5.11. The van der Waals surface area contributed by atoms with Crippen LogP contribution in [0.1, 0.15) is 6.92 Å². The molecule has 1 aromatic carbocycles. The molecule has 9 heteroatoms. The normalized spacial score (nSPS) is 13.3. The molecular weight excluding hydrogens is 320 g/mol. The maximum absolute atomic E-state index is 13.3. The van der Waals surface area contributed by atoms with Gasteiger partial charge < -0.3 is 0 Å². The fraction of sp³-hybridized carbons (Fsp3) is 0.400. The quantitative estimate of drug-likeness (QED) is 0.472. The minimum absolute atomic E-state index is 0.0725. The third kappa shape index (κ3) is 3.77. The molecule has 0 saturated carbocycles. The molecule has 1 aromatic rings. The molecule has 5 nitrogen and oxygen atoms in total. The lowest BCUT2D eigenvalue weighted by Gasteiger charge is -2.09. The van der Waals surface area contributed by atoms with Crippen molar-refractivity contribution in [3.8, 4) is 0 Å². The van der Waals surface area contributed by atoms with E-state index in [0.29, 0.717) is 12.1 Å². The topological polar surface area (TPSA) is 77.3 Å². The van der Waals surface area contributed by atoms with E-state index in [-0.39, 0.29) is 5.88 Å². The van der Waals surface area contributed by atoms with E-state index in [1.165, 1.54) is 0 Å². The third-order valence-electron chi connectivity index (χ3n) is 2.30. The lowest BCUT2D eigenvalue weighted by molar-refractivity contribution is -0.387. The minimum Gasteiger partial charge on any atom is -0.258 e. The highest BCUT2D eigenvalue weighted by atomic mass is 35.5. The summed E-state index contributed by atoms with van der Waals surface area (Å²) in [7, 11) is -4.01. The van der Waals surface area contributed by atoms with Crippen molar-refractivity contribution < 1.29 is 17.7 Å². The van der Waals surface area contributed by atoms with Crippen LogP contribution in [0, 0.1) is 21.8 Å². The maximum atomic E-state index is 13.3. The molecule has 0 spiro atoms. The number of halogens is 3. The predicted molar refractivity (Wildman–Crippen MR) is 70.0 cm³/mol. The first-order chi connectivity index (χ1) is 8.69. The molecule has 0 bridgehead atoms. The predicted octanol–water partition coefficient (Wildman–Crippen LogP) is 3.04. The lowest BCUT2D eigenvalue weighted by atomic mass is 10.3. The van der Waals surface area contributed by atoms with Crippen molar-refractivity contribution >= 4 is 38.7 Å². The van der Waals surface area contributed by atoms with Crippen molar-refractivity contribution in [2.45, 2.75) is 11.8 Å². The van der Waals surface area contributed by atoms with Gasteiger partial charge in [0.15, 0.2) is 9.84 Å². The van der Waals surface area contributed by atoms with Crippen molar-refractivity contribution in [2.24, 2.45) is 5.92 Å². The molecule has 0 N–H and O–H groups in total. The Hall–Kier alpha value is -0.920. The average molecular weight is 330 g/mol. The number of nitrogens with zero attached hydrogens (tertiary/aromatic N) is 1. The molecule has 0 fully saturated rings. The van der Waals surface area contributed by atoms with Gasteiger partial charge in [0, 0.05) is 18.0 Å². The number of alkyl halides is 1. The Morgan fingerprint density at radius 3 is 2.53 bits per heavy atom. The molecule has 0 aliphatic carbocycles. The SMILES string of the molecule is CC(CCl)CS(=O)(=O)c1cc(F)c(Cl)cc1[N+](=O)[O-]. The summed E-state index contributed by atoms with van der Waals surface area (Å²) in [5.74, 6) is -1.77. The zero-order valence-electron chi connectivity index (χ0n) is 9.77. The molecular formula is C10H10Cl2FNO4S. The van der Waals surface area contributed by atoms with E-state index in [1.807, 2.05) is 0 Å². The highest BCUT2D eigenvalue weighted by molar-refractivity contribution is 7.91. The van der Waals surface area contributed by atoms with Crippen molar-refractivity contribution in [1.29, 1.82) is 0 Å². The second-order valence-electron chi connectivity index (χ2n) is 4.03. The van der Waals surface area contributed by atoms with Crippen LogP contribution in [0.25, 0.3) is 0 Å². The summed E-state index contributed by atoms with van der Waals surface area (Å²) < 4.78 is 37.4. The molecule has 0 saturated heterocycles. The van der Waals surface area contributed by atoms with Crippen LogP contribution in [0.15, 0.2) is 17.0 Å². The van der Waals surface area contributed by atoms with Crippen molar-refractivity contribution in [3.05, 3.63) is 33.1 Å². The van der Waals surface area contributed by atoms with Gasteiger partial charge in [-0.1, -0.05) is 18.5 Å².